The van der Waals surface area contributed by atoms with Crippen LogP contribution in [0.25, 0.3) is 0 Å². The summed E-state index contributed by atoms with van der Waals surface area (Å²) in [4.78, 5) is 0. The second-order valence-electron chi connectivity index (χ2n) is 20.9. The van der Waals surface area contributed by atoms with E-state index in [1.54, 1.807) is 18.2 Å². The Morgan fingerprint density at radius 1 is 0.760 bits per heavy atom. The molecule has 0 nitrogen and oxygen atoms in total. The van der Waals surface area contributed by atoms with E-state index < -0.39 is 7.92 Å². The topological polar surface area (TPSA) is 0 Å². The minimum Gasteiger partial charge on any atom is -0.207 e. The van der Waals surface area contributed by atoms with E-state index in [0.717, 1.165) is 53.0 Å². The Hall–Kier alpha value is -0.840. The van der Waals surface area contributed by atoms with Crippen molar-refractivity contribution in [1.29, 1.82) is 0 Å². The predicted molar refractivity (Wildman–Crippen MR) is 211 cm³/mol. The maximum absolute atomic E-state index is 15.6. The van der Waals surface area contributed by atoms with Crippen molar-refractivity contribution in [2.45, 2.75) is 147 Å². The second-order valence-corrected chi connectivity index (χ2v) is 27.5. The Labute approximate surface area is 305 Å². The molecule has 0 aromatic heterocycles. The van der Waals surface area contributed by atoms with Crippen LogP contribution in [-0.2, 0) is 5.41 Å². The normalized spacial score (nSPS) is 45.0. The zero-order valence-electron chi connectivity index (χ0n) is 32.5. The van der Waals surface area contributed by atoms with E-state index >= 15 is 4.39 Å². The molecule has 0 saturated heterocycles. The monoisotopic (exact) mass is 716 g/mol. The maximum atomic E-state index is 15.6. The van der Waals surface area contributed by atoms with Crippen LogP contribution < -0.4 is 10.6 Å². The van der Waals surface area contributed by atoms with Crippen molar-refractivity contribution >= 4 is 26.5 Å². The average Bonchev–Trinajstić information content (AvgIpc) is 3.50. The Kier molecular flexibility index (Phi) is 8.08. The zero-order chi connectivity index (χ0) is 35.3. The first-order chi connectivity index (χ1) is 23.6. The number of halogens is 2. The van der Waals surface area contributed by atoms with Crippen molar-refractivity contribution in [2.24, 2.45) is 64.6 Å². The third-order valence-corrected chi connectivity index (χ3v) is 24.3. The lowest BCUT2D eigenvalue weighted by atomic mass is 9.55. The Morgan fingerprint density at radius 3 is 2.10 bits per heavy atom. The van der Waals surface area contributed by atoms with Crippen molar-refractivity contribution in [3.63, 3.8) is 0 Å². The molecule has 2 aromatic carbocycles. The van der Waals surface area contributed by atoms with Gasteiger partial charge in [0.1, 0.15) is 11.6 Å². The second kappa shape index (κ2) is 11.6. The molecule has 2 spiro atoms. The molecule has 6 bridgehead atoms. The van der Waals surface area contributed by atoms with E-state index in [9.17, 15) is 4.39 Å². The molecular weight excluding hydrogens is 652 g/mol. The third kappa shape index (κ3) is 4.77. The van der Waals surface area contributed by atoms with Crippen LogP contribution in [0.2, 0.25) is 0 Å². The maximum Gasteiger partial charge on any atom is 0.123 e. The lowest BCUT2D eigenvalue weighted by Gasteiger charge is -2.57. The fourth-order valence-electron chi connectivity index (χ4n) is 16.2. The average molecular weight is 717 g/mol. The summed E-state index contributed by atoms with van der Waals surface area (Å²) < 4.78 is 30.4. The van der Waals surface area contributed by atoms with Gasteiger partial charge in [-0.2, -0.15) is 0 Å². The first-order valence-electron chi connectivity index (χ1n) is 20.7. The number of benzene rings is 2. The van der Waals surface area contributed by atoms with Gasteiger partial charge in [0.25, 0.3) is 0 Å². The molecule has 7 aliphatic rings. The molecule has 0 N–H and O–H groups in total. The highest BCUT2D eigenvalue weighted by Crippen LogP contribution is 2.81. The number of fused-ring (bicyclic) bond motifs is 8. The van der Waals surface area contributed by atoms with Gasteiger partial charge in [0.15, 0.2) is 0 Å². The highest BCUT2D eigenvalue weighted by Gasteiger charge is 2.74. The van der Waals surface area contributed by atoms with E-state index in [2.05, 4.69) is 80.5 Å². The van der Waals surface area contributed by atoms with E-state index in [4.69, 9.17) is 0 Å². The van der Waals surface area contributed by atoms with Crippen molar-refractivity contribution < 1.29 is 8.78 Å². The van der Waals surface area contributed by atoms with Crippen LogP contribution >= 0.6 is 15.8 Å². The fraction of sp³-hybridized carbons (Fsp3) is 0.739. The Balaban J connectivity index is 1.29. The van der Waals surface area contributed by atoms with Gasteiger partial charge in [-0.25, -0.2) is 8.78 Å². The molecule has 1 aliphatic heterocycles. The summed E-state index contributed by atoms with van der Waals surface area (Å²) in [5, 5.41) is 3.45. The van der Waals surface area contributed by atoms with Crippen LogP contribution in [0.15, 0.2) is 42.5 Å². The smallest absolute Gasteiger partial charge is 0.123 e. The summed E-state index contributed by atoms with van der Waals surface area (Å²) in [7, 11) is -1.04. The molecule has 6 saturated carbocycles. The van der Waals surface area contributed by atoms with Crippen molar-refractivity contribution in [1.82, 2.24) is 0 Å². The van der Waals surface area contributed by atoms with Gasteiger partial charge in [-0.1, -0.05) is 108 Å². The quantitative estimate of drug-likeness (QED) is 0.278. The molecule has 15 unspecified atom stereocenters. The zero-order valence-corrected chi connectivity index (χ0v) is 34.3. The van der Waals surface area contributed by atoms with Crippen molar-refractivity contribution in [3.05, 3.63) is 59.7 Å². The highest BCUT2D eigenvalue weighted by atomic mass is 31.1. The van der Waals surface area contributed by atoms with E-state index in [-0.39, 0.29) is 25.0 Å². The van der Waals surface area contributed by atoms with Gasteiger partial charge in [0.2, 0.25) is 0 Å². The minimum absolute atomic E-state index is 0.0494. The SMILES string of the molecule is CC1C2CC(C1C(C)P(C(C)(C)C)C(C)(C)C)C13CC2C(C)C1P(c1ccc(F)cc1)c1ccc(F)cc1C12CC1CC2C1CCCCC3C1. The summed E-state index contributed by atoms with van der Waals surface area (Å²) in [5.41, 5.74) is 3.18. The van der Waals surface area contributed by atoms with E-state index in [0.29, 0.717) is 33.2 Å². The molecular formula is C46H64F2P2. The van der Waals surface area contributed by atoms with Gasteiger partial charge >= 0.3 is 0 Å². The molecule has 15 atom stereocenters. The molecule has 50 heavy (non-hydrogen) atoms. The van der Waals surface area contributed by atoms with Crippen molar-refractivity contribution in [3.8, 4) is 0 Å². The lowest BCUT2D eigenvalue weighted by molar-refractivity contribution is 0.00439. The molecule has 6 fully saturated rings. The van der Waals surface area contributed by atoms with Crippen LogP contribution in [-0.4, -0.2) is 21.6 Å². The van der Waals surface area contributed by atoms with E-state index in [1.165, 1.54) is 74.0 Å². The summed E-state index contributed by atoms with van der Waals surface area (Å²) in [6, 6.07) is 13.9. The molecule has 0 amide bonds. The van der Waals surface area contributed by atoms with Gasteiger partial charge < -0.3 is 0 Å². The molecule has 2 aromatic rings. The van der Waals surface area contributed by atoms with Gasteiger partial charge in [0, 0.05) is 5.41 Å². The summed E-state index contributed by atoms with van der Waals surface area (Å²) in [6.45, 7) is 23.4. The molecule has 272 valence electrons. The van der Waals surface area contributed by atoms with Gasteiger partial charge in [-0.15, -0.1) is 0 Å². The van der Waals surface area contributed by atoms with Gasteiger partial charge in [-0.05, 0) is 173 Å². The Morgan fingerprint density at radius 2 is 1.44 bits per heavy atom. The summed E-state index contributed by atoms with van der Waals surface area (Å²) >= 11 is 0. The number of rotatable bonds is 3. The van der Waals surface area contributed by atoms with Crippen LogP contribution in [0.1, 0.15) is 126 Å². The lowest BCUT2D eigenvalue weighted by Crippen LogP contribution is -2.53. The first kappa shape index (κ1) is 34.9. The standard InChI is InChI=1S/C46H64F2P2/c1-26-35-23-39(41(26)28(3)50(43(4,5)6)44(7,8)9)46-25-36(35)27(2)42(46)49(34-17-14-32(47)15-18-34)40-19-16-33(48)22-38(40)45-24-31(45)21-37(45)29-12-10-11-13-30(46)20-29/h14-19,22,26-31,35-37,39,41-42H,10-13,20-21,23-25H2,1-9H3. The van der Waals surface area contributed by atoms with Crippen molar-refractivity contribution in [2.75, 3.05) is 0 Å². The van der Waals surface area contributed by atoms with Gasteiger partial charge in [0.05, 0.1) is 0 Å². The first-order valence-corrected chi connectivity index (χ1v) is 23.6. The van der Waals surface area contributed by atoms with Gasteiger partial charge in [-0.3, -0.25) is 0 Å². The molecule has 4 heteroatoms. The molecule has 9 rings (SSSR count). The largest absolute Gasteiger partial charge is 0.207 e. The molecule has 1 heterocycles. The molecule has 6 aliphatic carbocycles. The summed E-state index contributed by atoms with van der Waals surface area (Å²) in [6.07, 6.45) is 12.4. The minimum atomic E-state index is -0.802. The Bertz CT molecular complexity index is 1620. The third-order valence-electron chi connectivity index (χ3n) is 17.0. The number of hydrogen-bond donors (Lipinski definition) is 0. The highest BCUT2D eigenvalue weighted by molar-refractivity contribution is 7.73. The van der Waals surface area contributed by atoms with Crippen LogP contribution in [0.3, 0.4) is 0 Å². The fourth-order valence-corrected chi connectivity index (χ4v) is 25.3. The molecule has 0 radical (unpaired) electrons. The van der Waals surface area contributed by atoms with Crippen LogP contribution in [0, 0.1) is 76.2 Å². The van der Waals surface area contributed by atoms with E-state index in [1.807, 2.05) is 6.07 Å². The van der Waals surface area contributed by atoms with Crippen LogP contribution in [0.4, 0.5) is 8.78 Å². The number of hydrogen-bond acceptors (Lipinski definition) is 0. The predicted octanol–water partition coefficient (Wildman–Crippen LogP) is 12.3. The summed E-state index contributed by atoms with van der Waals surface area (Å²) in [5.74, 6) is 7.31. The van der Waals surface area contributed by atoms with Crippen LogP contribution in [0.5, 0.6) is 0 Å².